The third-order valence-electron chi connectivity index (χ3n) is 3.71. The number of hydrogen-bond donors (Lipinski definition) is 2. The molecule has 4 nitrogen and oxygen atoms in total. The maximum Gasteiger partial charge on any atom is 0.178 e. The summed E-state index contributed by atoms with van der Waals surface area (Å²) in [6.45, 7) is 1.97. The van der Waals surface area contributed by atoms with Crippen LogP contribution in [0.3, 0.4) is 0 Å². The van der Waals surface area contributed by atoms with Gasteiger partial charge >= 0.3 is 0 Å². The summed E-state index contributed by atoms with van der Waals surface area (Å²) in [5, 5.41) is 12.7. The Kier molecular flexibility index (Phi) is 4.16. The summed E-state index contributed by atoms with van der Waals surface area (Å²) >= 11 is 0. The molecule has 0 aliphatic heterocycles. The molecule has 2 N–H and O–H groups in total. The smallest absolute Gasteiger partial charge is 0.178 e. The molecule has 0 radical (unpaired) electrons. The van der Waals surface area contributed by atoms with Gasteiger partial charge in [-0.1, -0.05) is 6.92 Å². The molecule has 0 heterocycles. The van der Waals surface area contributed by atoms with Crippen LogP contribution in [-0.2, 0) is 9.84 Å². The lowest BCUT2D eigenvalue weighted by molar-refractivity contribution is 0.144. The van der Waals surface area contributed by atoms with Crippen molar-refractivity contribution in [2.45, 2.75) is 43.0 Å². The van der Waals surface area contributed by atoms with Gasteiger partial charge in [0.2, 0.25) is 0 Å². The average Bonchev–Trinajstić information content (AvgIpc) is 2.34. The summed E-state index contributed by atoms with van der Waals surface area (Å²) in [6.07, 6.45) is 3.66. The number of aliphatic hydroxyl groups is 1. The summed E-state index contributed by atoms with van der Waals surface area (Å²) in [5.41, 5.74) is 0.660. The van der Waals surface area contributed by atoms with Gasteiger partial charge in [-0.2, -0.15) is 0 Å². The average molecular weight is 283 g/mol. The van der Waals surface area contributed by atoms with Crippen molar-refractivity contribution < 1.29 is 13.5 Å². The number of anilines is 1. The van der Waals surface area contributed by atoms with E-state index >= 15 is 0 Å². The van der Waals surface area contributed by atoms with Crippen molar-refractivity contribution >= 4 is 15.5 Å². The Morgan fingerprint density at radius 2 is 1.89 bits per heavy atom. The number of benzene rings is 1. The minimum absolute atomic E-state index is 0.114. The summed E-state index contributed by atoms with van der Waals surface area (Å²) in [7, 11) is -3.15. The number of rotatable bonds is 6. The molecule has 1 aliphatic rings. The highest BCUT2D eigenvalue weighted by Gasteiger charge is 2.36. The largest absolute Gasteiger partial charge is 0.394 e. The van der Waals surface area contributed by atoms with Crippen molar-refractivity contribution in [2.24, 2.45) is 0 Å². The van der Waals surface area contributed by atoms with Crippen molar-refractivity contribution in [1.29, 1.82) is 0 Å². The van der Waals surface area contributed by atoms with Crippen molar-refractivity contribution in [2.75, 3.05) is 17.7 Å². The maximum absolute atomic E-state index is 11.9. The van der Waals surface area contributed by atoms with Gasteiger partial charge in [0, 0.05) is 5.69 Å². The standard InChI is InChI=1S/C14H21NO3S/c1-2-10-19(17,18)13-6-4-12(5-7-13)15-14(11-16)8-3-9-14/h4-7,15-16H,2-3,8-11H2,1H3. The molecule has 0 saturated heterocycles. The van der Waals surface area contributed by atoms with E-state index in [-0.39, 0.29) is 17.9 Å². The maximum atomic E-state index is 11.9. The van der Waals surface area contributed by atoms with E-state index in [1.165, 1.54) is 0 Å². The molecule has 1 fully saturated rings. The van der Waals surface area contributed by atoms with Crippen LogP contribution in [0.2, 0.25) is 0 Å². The molecule has 5 heteroatoms. The van der Waals surface area contributed by atoms with Crippen LogP contribution in [0.5, 0.6) is 0 Å². The number of sulfone groups is 1. The van der Waals surface area contributed by atoms with Gasteiger partial charge in [-0.25, -0.2) is 8.42 Å². The molecule has 1 aliphatic carbocycles. The Morgan fingerprint density at radius 3 is 2.32 bits per heavy atom. The molecule has 19 heavy (non-hydrogen) atoms. The Morgan fingerprint density at radius 1 is 1.26 bits per heavy atom. The zero-order valence-electron chi connectivity index (χ0n) is 11.2. The van der Waals surface area contributed by atoms with Gasteiger partial charge in [0.25, 0.3) is 0 Å². The third kappa shape index (κ3) is 3.09. The van der Waals surface area contributed by atoms with E-state index in [2.05, 4.69) is 5.32 Å². The van der Waals surface area contributed by atoms with Crippen LogP contribution < -0.4 is 5.32 Å². The molecule has 0 amide bonds. The zero-order chi connectivity index (χ0) is 13.9. The molecule has 0 bridgehead atoms. The molecule has 1 aromatic carbocycles. The first kappa shape index (κ1) is 14.3. The summed E-state index contributed by atoms with van der Waals surface area (Å²) in [5.74, 6) is 0.181. The molecule has 2 rings (SSSR count). The first-order valence-corrected chi connectivity index (χ1v) is 8.38. The van der Waals surface area contributed by atoms with Gasteiger partial charge in [-0.15, -0.1) is 0 Å². The molecule has 1 saturated carbocycles. The lowest BCUT2D eigenvalue weighted by Gasteiger charge is -2.41. The van der Waals surface area contributed by atoms with Gasteiger partial charge in [0.05, 0.1) is 22.8 Å². The number of nitrogens with one attached hydrogen (secondary N) is 1. The Balaban J connectivity index is 2.11. The lowest BCUT2D eigenvalue weighted by Crippen LogP contribution is -2.48. The Bertz CT molecular complexity index is 513. The van der Waals surface area contributed by atoms with Gasteiger partial charge in [0.15, 0.2) is 9.84 Å². The first-order chi connectivity index (χ1) is 9.01. The van der Waals surface area contributed by atoms with Crippen molar-refractivity contribution in [3.05, 3.63) is 24.3 Å². The third-order valence-corrected chi connectivity index (χ3v) is 5.65. The van der Waals surface area contributed by atoms with Crippen molar-refractivity contribution in [1.82, 2.24) is 0 Å². The van der Waals surface area contributed by atoms with E-state index in [1.54, 1.807) is 24.3 Å². The molecular weight excluding hydrogens is 262 g/mol. The molecule has 0 atom stereocenters. The molecule has 0 aromatic heterocycles. The van der Waals surface area contributed by atoms with Gasteiger partial charge in [-0.3, -0.25) is 0 Å². The van der Waals surface area contributed by atoms with E-state index in [1.807, 2.05) is 6.92 Å². The first-order valence-electron chi connectivity index (χ1n) is 6.73. The van der Waals surface area contributed by atoms with Crippen LogP contribution in [0.25, 0.3) is 0 Å². The zero-order valence-corrected chi connectivity index (χ0v) is 12.0. The molecule has 0 spiro atoms. The summed E-state index contributed by atoms with van der Waals surface area (Å²) in [4.78, 5) is 0.367. The van der Waals surface area contributed by atoms with Crippen molar-refractivity contribution in [3.8, 4) is 0 Å². The summed E-state index contributed by atoms with van der Waals surface area (Å²) in [6, 6.07) is 6.82. The second-order valence-corrected chi connectivity index (χ2v) is 7.37. The molecule has 0 unspecified atom stereocenters. The second kappa shape index (κ2) is 5.51. The fourth-order valence-corrected chi connectivity index (χ4v) is 3.69. The van der Waals surface area contributed by atoms with Gasteiger partial charge < -0.3 is 10.4 Å². The quantitative estimate of drug-likeness (QED) is 0.840. The topological polar surface area (TPSA) is 66.4 Å². The highest BCUT2D eigenvalue weighted by Crippen LogP contribution is 2.35. The number of hydrogen-bond acceptors (Lipinski definition) is 4. The van der Waals surface area contributed by atoms with Crippen LogP contribution in [-0.4, -0.2) is 31.4 Å². The minimum atomic E-state index is -3.15. The van der Waals surface area contributed by atoms with Gasteiger partial charge in [-0.05, 0) is 49.9 Å². The fourth-order valence-electron chi connectivity index (χ4n) is 2.36. The van der Waals surface area contributed by atoms with Crippen molar-refractivity contribution in [3.63, 3.8) is 0 Å². The predicted octanol–water partition coefficient (Wildman–Crippen LogP) is 2.20. The normalized spacial score (nSPS) is 17.8. The van der Waals surface area contributed by atoms with E-state index < -0.39 is 9.84 Å². The van der Waals surface area contributed by atoms with Gasteiger partial charge in [0.1, 0.15) is 0 Å². The second-order valence-electron chi connectivity index (χ2n) is 5.26. The molecule has 1 aromatic rings. The summed E-state index contributed by atoms with van der Waals surface area (Å²) < 4.78 is 23.8. The van der Waals surface area contributed by atoms with Crippen LogP contribution in [0.15, 0.2) is 29.2 Å². The fraction of sp³-hybridized carbons (Fsp3) is 0.571. The van der Waals surface area contributed by atoms with Crippen LogP contribution in [0, 0.1) is 0 Å². The van der Waals surface area contributed by atoms with Crippen LogP contribution >= 0.6 is 0 Å². The van der Waals surface area contributed by atoms with E-state index in [0.29, 0.717) is 11.3 Å². The SMILES string of the molecule is CCCS(=O)(=O)c1ccc(NC2(CO)CCC2)cc1. The molecule has 106 valence electrons. The monoisotopic (exact) mass is 283 g/mol. The molecular formula is C14H21NO3S. The van der Waals surface area contributed by atoms with E-state index in [4.69, 9.17) is 0 Å². The Hall–Kier alpha value is -1.07. The van der Waals surface area contributed by atoms with E-state index in [9.17, 15) is 13.5 Å². The highest BCUT2D eigenvalue weighted by molar-refractivity contribution is 7.91. The Labute approximate surface area is 114 Å². The van der Waals surface area contributed by atoms with Crippen LogP contribution in [0.1, 0.15) is 32.6 Å². The number of aliphatic hydroxyl groups excluding tert-OH is 1. The highest BCUT2D eigenvalue weighted by atomic mass is 32.2. The van der Waals surface area contributed by atoms with Crippen LogP contribution in [0.4, 0.5) is 5.69 Å². The minimum Gasteiger partial charge on any atom is -0.394 e. The predicted molar refractivity (Wildman–Crippen MR) is 76.1 cm³/mol. The lowest BCUT2D eigenvalue weighted by atomic mass is 9.77. The van der Waals surface area contributed by atoms with E-state index in [0.717, 1.165) is 24.9 Å².